The lowest BCUT2D eigenvalue weighted by atomic mass is 10.1. The highest BCUT2D eigenvalue weighted by atomic mass is 35.5. The molecule has 0 fully saturated rings. The number of nitrogens with zero attached hydrogens (tertiary/aromatic N) is 5. The van der Waals surface area contributed by atoms with Gasteiger partial charge in [-0.3, -0.25) is 4.68 Å². The number of aromatic nitrogens is 5. The van der Waals surface area contributed by atoms with Crippen LogP contribution in [0.3, 0.4) is 0 Å². The molecule has 0 spiro atoms. The number of halogens is 1. The van der Waals surface area contributed by atoms with Gasteiger partial charge in [0.15, 0.2) is 5.82 Å². The minimum atomic E-state index is 0.491. The van der Waals surface area contributed by atoms with Gasteiger partial charge in [0.1, 0.15) is 5.15 Å². The first-order valence-electron chi connectivity index (χ1n) is 7.80. The zero-order valence-electron chi connectivity index (χ0n) is 13.2. The van der Waals surface area contributed by atoms with Crippen molar-refractivity contribution in [3.8, 4) is 22.6 Å². The Hall–Kier alpha value is -3.05. The van der Waals surface area contributed by atoms with Crippen LogP contribution in [0.2, 0.25) is 5.15 Å². The van der Waals surface area contributed by atoms with Crippen molar-refractivity contribution in [2.45, 2.75) is 6.54 Å². The van der Waals surface area contributed by atoms with Gasteiger partial charge in [-0.2, -0.15) is 5.10 Å². The van der Waals surface area contributed by atoms with Crippen LogP contribution >= 0.6 is 11.6 Å². The van der Waals surface area contributed by atoms with Gasteiger partial charge in [0, 0.05) is 35.9 Å². The SMILES string of the molecule is Clc1ccc(Cn2ccc(-c3cccc(-c4ncccn4)c3)n2)cn1. The van der Waals surface area contributed by atoms with Crippen molar-refractivity contribution < 1.29 is 0 Å². The summed E-state index contributed by atoms with van der Waals surface area (Å²) in [6.45, 7) is 0.644. The van der Waals surface area contributed by atoms with Crippen molar-refractivity contribution in [3.63, 3.8) is 0 Å². The highest BCUT2D eigenvalue weighted by Crippen LogP contribution is 2.23. The molecule has 0 amide bonds. The van der Waals surface area contributed by atoms with Crippen molar-refractivity contribution in [2.24, 2.45) is 0 Å². The molecule has 122 valence electrons. The van der Waals surface area contributed by atoms with E-state index in [1.807, 2.05) is 47.3 Å². The van der Waals surface area contributed by atoms with Gasteiger partial charge in [0.2, 0.25) is 0 Å². The van der Waals surface area contributed by atoms with Crippen molar-refractivity contribution in [1.82, 2.24) is 24.7 Å². The van der Waals surface area contributed by atoms with E-state index in [-0.39, 0.29) is 0 Å². The van der Waals surface area contributed by atoms with Gasteiger partial charge in [0.05, 0.1) is 12.2 Å². The molecule has 0 saturated carbocycles. The van der Waals surface area contributed by atoms with Crippen LogP contribution in [0.25, 0.3) is 22.6 Å². The van der Waals surface area contributed by atoms with Gasteiger partial charge in [-0.05, 0) is 29.8 Å². The van der Waals surface area contributed by atoms with Gasteiger partial charge >= 0.3 is 0 Å². The molecule has 0 radical (unpaired) electrons. The fourth-order valence-electron chi connectivity index (χ4n) is 2.56. The molecule has 0 aliphatic rings. The number of rotatable bonds is 4. The molecule has 0 N–H and O–H groups in total. The van der Waals surface area contributed by atoms with Gasteiger partial charge in [-0.15, -0.1) is 0 Å². The average molecular weight is 348 g/mol. The van der Waals surface area contributed by atoms with Crippen LogP contribution in [0.15, 0.2) is 73.3 Å². The van der Waals surface area contributed by atoms with Gasteiger partial charge in [-0.1, -0.05) is 35.9 Å². The van der Waals surface area contributed by atoms with Crippen molar-refractivity contribution in [2.75, 3.05) is 0 Å². The second-order valence-corrected chi connectivity index (χ2v) is 5.93. The first-order valence-corrected chi connectivity index (χ1v) is 8.17. The zero-order chi connectivity index (χ0) is 17.1. The van der Waals surface area contributed by atoms with E-state index in [9.17, 15) is 0 Å². The lowest BCUT2D eigenvalue weighted by Gasteiger charge is -2.03. The van der Waals surface area contributed by atoms with E-state index in [4.69, 9.17) is 11.6 Å². The molecule has 3 aromatic heterocycles. The molecule has 3 heterocycles. The predicted octanol–water partition coefficient (Wildman–Crippen LogP) is 4.10. The zero-order valence-corrected chi connectivity index (χ0v) is 14.0. The van der Waals surface area contributed by atoms with Gasteiger partial charge in [-0.25, -0.2) is 15.0 Å². The van der Waals surface area contributed by atoms with Crippen molar-refractivity contribution >= 4 is 11.6 Å². The van der Waals surface area contributed by atoms with E-state index < -0.39 is 0 Å². The molecular formula is C19H14ClN5. The molecule has 0 aliphatic carbocycles. The van der Waals surface area contributed by atoms with Gasteiger partial charge < -0.3 is 0 Å². The Morgan fingerprint density at radius 2 is 1.72 bits per heavy atom. The van der Waals surface area contributed by atoms with Gasteiger partial charge in [0.25, 0.3) is 0 Å². The molecule has 0 aliphatic heterocycles. The van der Waals surface area contributed by atoms with Crippen LogP contribution < -0.4 is 0 Å². The summed E-state index contributed by atoms with van der Waals surface area (Å²) in [7, 11) is 0. The first kappa shape index (κ1) is 15.5. The fraction of sp³-hybridized carbons (Fsp3) is 0.0526. The molecule has 5 nitrogen and oxygen atoms in total. The Kier molecular flexibility index (Phi) is 4.23. The minimum absolute atomic E-state index is 0.491. The summed E-state index contributed by atoms with van der Waals surface area (Å²) < 4.78 is 1.88. The minimum Gasteiger partial charge on any atom is -0.268 e. The predicted molar refractivity (Wildman–Crippen MR) is 97.0 cm³/mol. The molecule has 0 saturated heterocycles. The summed E-state index contributed by atoms with van der Waals surface area (Å²) in [5, 5.41) is 5.14. The van der Waals surface area contributed by atoms with Crippen LogP contribution in [0.5, 0.6) is 0 Å². The number of benzene rings is 1. The molecule has 0 atom stereocenters. The van der Waals surface area contributed by atoms with E-state index in [0.717, 1.165) is 22.4 Å². The topological polar surface area (TPSA) is 56.5 Å². The molecular weight excluding hydrogens is 334 g/mol. The van der Waals surface area contributed by atoms with Crippen LogP contribution in [0, 0.1) is 0 Å². The summed E-state index contributed by atoms with van der Waals surface area (Å²) in [5.41, 5.74) is 3.94. The summed E-state index contributed by atoms with van der Waals surface area (Å²) in [4.78, 5) is 12.7. The molecule has 4 aromatic rings. The smallest absolute Gasteiger partial charge is 0.159 e. The van der Waals surface area contributed by atoms with E-state index in [2.05, 4.69) is 20.1 Å². The summed E-state index contributed by atoms with van der Waals surface area (Å²) in [5.74, 6) is 0.705. The third kappa shape index (κ3) is 3.56. The fourth-order valence-corrected chi connectivity index (χ4v) is 2.67. The van der Waals surface area contributed by atoms with Crippen LogP contribution in [-0.4, -0.2) is 24.7 Å². The third-order valence-corrected chi connectivity index (χ3v) is 3.98. The highest BCUT2D eigenvalue weighted by Gasteiger charge is 2.06. The maximum atomic E-state index is 5.82. The Bertz CT molecular complexity index is 980. The third-order valence-electron chi connectivity index (χ3n) is 3.76. The van der Waals surface area contributed by atoms with E-state index >= 15 is 0 Å². The van der Waals surface area contributed by atoms with E-state index in [0.29, 0.717) is 17.5 Å². The number of pyridine rings is 1. The van der Waals surface area contributed by atoms with Crippen LogP contribution in [-0.2, 0) is 6.54 Å². The van der Waals surface area contributed by atoms with Crippen LogP contribution in [0.1, 0.15) is 5.56 Å². The maximum absolute atomic E-state index is 5.82. The quantitative estimate of drug-likeness (QED) is 0.521. The maximum Gasteiger partial charge on any atom is 0.159 e. The standard InChI is InChI=1S/C19H14ClN5/c20-18-6-5-14(12-23-18)13-25-10-7-17(24-25)15-3-1-4-16(11-15)19-21-8-2-9-22-19/h1-12H,13H2. The van der Waals surface area contributed by atoms with Crippen LogP contribution in [0.4, 0.5) is 0 Å². The Balaban J connectivity index is 1.59. The lowest BCUT2D eigenvalue weighted by molar-refractivity contribution is 0.687. The lowest BCUT2D eigenvalue weighted by Crippen LogP contribution is -2.00. The second kappa shape index (κ2) is 6.83. The number of hydrogen-bond donors (Lipinski definition) is 0. The summed E-state index contributed by atoms with van der Waals surface area (Å²) >= 11 is 5.82. The molecule has 6 heteroatoms. The Morgan fingerprint density at radius 1 is 0.880 bits per heavy atom. The largest absolute Gasteiger partial charge is 0.268 e. The average Bonchev–Trinajstić information content (AvgIpc) is 3.13. The Morgan fingerprint density at radius 3 is 2.52 bits per heavy atom. The second-order valence-electron chi connectivity index (χ2n) is 5.54. The van der Waals surface area contributed by atoms with Crippen molar-refractivity contribution in [3.05, 3.63) is 84.0 Å². The molecule has 1 aromatic carbocycles. The summed E-state index contributed by atoms with van der Waals surface area (Å²) in [6.07, 6.45) is 7.19. The normalized spacial score (nSPS) is 10.8. The number of hydrogen-bond acceptors (Lipinski definition) is 4. The molecule has 25 heavy (non-hydrogen) atoms. The summed E-state index contributed by atoms with van der Waals surface area (Å²) in [6, 6.07) is 15.6. The van der Waals surface area contributed by atoms with E-state index in [1.165, 1.54) is 0 Å². The highest BCUT2D eigenvalue weighted by molar-refractivity contribution is 6.29. The van der Waals surface area contributed by atoms with Crippen molar-refractivity contribution in [1.29, 1.82) is 0 Å². The Labute approximate surface area is 150 Å². The van der Waals surface area contributed by atoms with E-state index in [1.54, 1.807) is 30.7 Å². The molecule has 0 bridgehead atoms. The first-order chi connectivity index (χ1) is 12.3. The molecule has 0 unspecified atom stereocenters. The molecule has 4 rings (SSSR count). The monoisotopic (exact) mass is 347 g/mol.